The predicted octanol–water partition coefficient (Wildman–Crippen LogP) is 4.21. The van der Waals surface area contributed by atoms with E-state index in [1.165, 1.54) is 0 Å². The fourth-order valence-electron chi connectivity index (χ4n) is 3.79. The molecule has 162 valence electrons. The molecule has 6 nitrogen and oxygen atoms in total. The SMILES string of the molecule is CCc1ccc(CN2CCC(Oc3cccc(C(=O)NCc4cccnc4)c3)CC2)o1. The molecule has 1 fully saturated rings. The van der Waals surface area contributed by atoms with Gasteiger partial charge in [-0.3, -0.25) is 14.7 Å². The minimum absolute atomic E-state index is 0.117. The van der Waals surface area contributed by atoms with Gasteiger partial charge < -0.3 is 14.5 Å². The minimum Gasteiger partial charge on any atom is -0.490 e. The summed E-state index contributed by atoms with van der Waals surface area (Å²) in [5, 5.41) is 2.93. The van der Waals surface area contributed by atoms with Crippen molar-refractivity contribution in [1.82, 2.24) is 15.2 Å². The summed E-state index contributed by atoms with van der Waals surface area (Å²) in [6, 6.07) is 15.3. The second-order valence-corrected chi connectivity index (χ2v) is 7.89. The van der Waals surface area contributed by atoms with Crippen LogP contribution in [0.4, 0.5) is 0 Å². The summed E-state index contributed by atoms with van der Waals surface area (Å²) in [6.45, 7) is 5.34. The Hall–Kier alpha value is -3.12. The summed E-state index contributed by atoms with van der Waals surface area (Å²) < 4.78 is 12.0. The van der Waals surface area contributed by atoms with Crippen LogP contribution in [0.25, 0.3) is 0 Å². The molecule has 31 heavy (non-hydrogen) atoms. The molecule has 1 aromatic carbocycles. The smallest absolute Gasteiger partial charge is 0.251 e. The standard InChI is InChI=1S/C25H29N3O3/c1-2-21-8-9-24(30-21)18-28-13-10-22(11-14-28)31-23-7-3-6-20(15-23)25(29)27-17-19-5-4-12-26-16-19/h3-9,12,15-16,22H,2,10-11,13-14,17-18H2,1H3,(H,27,29). The number of amides is 1. The molecule has 0 saturated carbocycles. The first-order chi connectivity index (χ1) is 15.2. The number of nitrogens with zero attached hydrogens (tertiary/aromatic N) is 2. The molecule has 0 aliphatic carbocycles. The van der Waals surface area contributed by atoms with Gasteiger partial charge in [-0.1, -0.05) is 19.1 Å². The van der Waals surface area contributed by atoms with Gasteiger partial charge in [0.05, 0.1) is 6.54 Å². The van der Waals surface area contributed by atoms with E-state index in [0.29, 0.717) is 12.1 Å². The van der Waals surface area contributed by atoms with Crippen LogP contribution >= 0.6 is 0 Å². The van der Waals surface area contributed by atoms with Gasteiger partial charge in [0.25, 0.3) is 5.91 Å². The molecule has 1 N–H and O–H groups in total. The van der Waals surface area contributed by atoms with Crippen molar-refractivity contribution in [3.8, 4) is 5.75 Å². The summed E-state index contributed by atoms with van der Waals surface area (Å²) in [7, 11) is 0. The monoisotopic (exact) mass is 419 g/mol. The number of nitrogens with one attached hydrogen (secondary N) is 1. The third kappa shape index (κ3) is 5.95. The quantitative estimate of drug-likeness (QED) is 0.592. The summed E-state index contributed by atoms with van der Waals surface area (Å²) >= 11 is 0. The number of piperidine rings is 1. The number of hydrogen-bond acceptors (Lipinski definition) is 5. The van der Waals surface area contributed by atoms with E-state index in [2.05, 4.69) is 34.3 Å². The van der Waals surface area contributed by atoms with Gasteiger partial charge in [0.15, 0.2) is 0 Å². The zero-order valence-electron chi connectivity index (χ0n) is 17.9. The maximum atomic E-state index is 12.5. The fourth-order valence-corrected chi connectivity index (χ4v) is 3.79. The molecular weight excluding hydrogens is 390 g/mol. The Kier molecular flexibility index (Phi) is 6.99. The highest BCUT2D eigenvalue weighted by molar-refractivity contribution is 5.94. The van der Waals surface area contributed by atoms with Crippen molar-refractivity contribution in [3.63, 3.8) is 0 Å². The number of aromatic nitrogens is 1. The van der Waals surface area contributed by atoms with Crippen LogP contribution in [-0.2, 0) is 19.5 Å². The minimum atomic E-state index is -0.117. The Bertz CT molecular complexity index is 978. The number of furan rings is 1. The van der Waals surface area contributed by atoms with Gasteiger partial charge in [0.2, 0.25) is 0 Å². The summed E-state index contributed by atoms with van der Waals surface area (Å²) in [5.74, 6) is 2.69. The zero-order valence-corrected chi connectivity index (χ0v) is 17.9. The van der Waals surface area contributed by atoms with Crippen molar-refractivity contribution >= 4 is 5.91 Å². The van der Waals surface area contributed by atoms with Gasteiger partial charge in [-0.2, -0.15) is 0 Å². The Morgan fingerprint density at radius 2 is 2.00 bits per heavy atom. The highest BCUT2D eigenvalue weighted by Gasteiger charge is 2.21. The molecule has 3 heterocycles. The van der Waals surface area contributed by atoms with Gasteiger partial charge in [-0.15, -0.1) is 0 Å². The van der Waals surface area contributed by atoms with Gasteiger partial charge in [0.1, 0.15) is 23.4 Å². The first kappa shape index (κ1) is 21.1. The normalized spacial score (nSPS) is 15.0. The molecule has 0 spiro atoms. The van der Waals surface area contributed by atoms with E-state index in [4.69, 9.17) is 9.15 Å². The van der Waals surface area contributed by atoms with Crippen molar-refractivity contribution in [2.24, 2.45) is 0 Å². The van der Waals surface area contributed by atoms with E-state index < -0.39 is 0 Å². The molecule has 1 aliphatic rings. The lowest BCUT2D eigenvalue weighted by Crippen LogP contribution is -2.37. The van der Waals surface area contributed by atoms with Crippen LogP contribution in [0, 0.1) is 0 Å². The molecular formula is C25H29N3O3. The van der Waals surface area contributed by atoms with E-state index in [-0.39, 0.29) is 12.0 Å². The van der Waals surface area contributed by atoms with E-state index >= 15 is 0 Å². The molecule has 0 radical (unpaired) electrons. The Morgan fingerprint density at radius 1 is 1.16 bits per heavy atom. The van der Waals surface area contributed by atoms with Gasteiger partial charge in [0, 0.05) is 44.0 Å². The number of likely N-dealkylation sites (tertiary alicyclic amines) is 1. The Balaban J connectivity index is 1.25. The third-order valence-electron chi connectivity index (χ3n) is 5.55. The maximum absolute atomic E-state index is 12.5. The van der Waals surface area contributed by atoms with Crippen LogP contribution in [0.3, 0.4) is 0 Å². The van der Waals surface area contributed by atoms with Crippen LogP contribution in [0.1, 0.15) is 47.2 Å². The number of hydrogen-bond donors (Lipinski definition) is 1. The predicted molar refractivity (Wildman–Crippen MR) is 119 cm³/mol. The Morgan fingerprint density at radius 3 is 2.74 bits per heavy atom. The van der Waals surface area contributed by atoms with E-state index in [1.807, 2.05) is 36.4 Å². The summed E-state index contributed by atoms with van der Waals surface area (Å²) in [6.07, 6.45) is 6.47. The highest BCUT2D eigenvalue weighted by Crippen LogP contribution is 2.22. The molecule has 0 bridgehead atoms. The Labute approximate surface area is 183 Å². The highest BCUT2D eigenvalue weighted by atomic mass is 16.5. The molecule has 1 saturated heterocycles. The second-order valence-electron chi connectivity index (χ2n) is 7.89. The number of carbonyl (C=O) groups excluding carboxylic acids is 1. The summed E-state index contributed by atoms with van der Waals surface area (Å²) in [4.78, 5) is 19.0. The number of benzene rings is 1. The lowest BCUT2D eigenvalue weighted by molar-refractivity contribution is 0.0913. The number of pyridine rings is 1. The third-order valence-corrected chi connectivity index (χ3v) is 5.55. The van der Waals surface area contributed by atoms with Crippen molar-refractivity contribution < 1.29 is 13.9 Å². The van der Waals surface area contributed by atoms with Crippen molar-refractivity contribution in [3.05, 3.63) is 83.6 Å². The number of carbonyl (C=O) groups is 1. The molecule has 2 aromatic heterocycles. The van der Waals surface area contributed by atoms with E-state index in [0.717, 1.165) is 61.7 Å². The van der Waals surface area contributed by atoms with E-state index in [9.17, 15) is 4.79 Å². The van der Waals surface area contributed by atoms with Crippen LogP contribution in [0.5, 0.6) is 5.75 Å². The lowest BCUT2D eigenvalue weighted by Gasteiger charge is -2.31. The average molecular weight is 420 g/mol. The fraction of sp³-hybridized carbons (Fsp3) is 0.360. The topological polar surface area (TPSA) is 67.6 Å². The largest absolute Gasteiger partial charge is 0.490 e. The van der Waals surface area contributed by atoms with Crippen LogP contribution in [0.2, 0.25) is 0 Å². The number of ether oxygens (including phenoxy) is 1. The maximum Gasteiger partial charge on any atom is 0.251 e. The van der Waals surface area contributed by atoms with Gasteiger partial charge in [-0.25, -0.2) is 0 Å². The van der Waals surface area contributed by atoms with Crippen LogP contribution in [0.15, 0.2) is 65.3 Å². The summed E-state index contributed by atoms with van der Waals surface area (Å²) in [5.41, 5.74) is 1.57. The first-order valence-electron chi connectivity index (χ1n) is 10.9. The van der Waals surface area contributed by atoms with Crippen molar-refractivity contribution in [2.75, 3.05) is 13.1 Å². The van der Waals surface area contributed by atoms with Gasteiger partial charge >= 0.3 is 0 Å². The second kappa shape index (κ2) is 10.3. The molecule has 0 atom stereocenters. The molecule has 4 rings (SSSR count). The zero-order chi connectivity index (χ0) is 21.5. The molecule has 1 amide bonds. The van der Waals surface area contributed by atoms with Crippen molar-refractivity contribution in [2.45, 2.75) is 45.4 Å². The first-order valence-corrected chi connectivity index (χ1v) is 10.9. The van der Waals surface area contributed by atoms with Crippen LogP contribution in [-0.4, -0.2) is 35.0 Å². The van der Waals surface area contributed by atoms with Crippen LogP contribution < -0.4 is 10.1 Å². The lowest BCUT2D eigenvalue weighted by atomic mass is 10.1. The number of rotatable bonds is 8. The van der Waals surface area contributed by atoms with Crippen molar-refractivity contribution in [1.29, 1.82) is 0 Å². The molecule has 0 unspecified atom stereocenters. The number of aryl methyl sites for hydroxylation is 1. The molecule has 3 aromatic rings. The van der Waals surface area contributed by atoms with E-state index in [1.54, 1.807) is 12.4 Å². The van der Waals surface area contributed by atoms with Gasteiger partial charge in [-0.05, 0) is 54.8 Å². The molecule has 6 heteroatoms. The average Bonchev–Trinajstić information content (AvgIpc) is 3.27. The molecule has 1 aliphatic heterocycles.